The molecule has 2 rings (SSSR count). The molecule has 1 atom stereocenters. The van der Waals surface area contributed by atoms with Crippen molar-refractivity contribution >= 4 is 34.6 Å². The van der Waals surface area contributed by atoms with E-state index in [9.17, 15) is 4.39 Å². The minimum Gasteiger partial charge on any atom is -0.349 e. The molecule has 0 radical (unpaired) electrons. The van der Waals surface area contributed by atoms with E-state index in [2.05, 4.69) is 17.1 Å². The highest BCUT2D eigenvalue weighted by Gasteiger charge is 2.18. The second kappa shape index (κ2) is 5.85. The molecule has 1 aromatic rings. The Labute approximate surface area is 117 Å². The van der Waals surface area contributed by atoms with Crippen molar-refractivity contribution in [2.24, 2.45) is 5.92 Å². The van der Waals surface area contributed by atoms with E-state index >= 15 is 0 Å². The van der Waals surface area contributed by atoms with Gasteiger partial charge in [-0.25, -0.2) is 4.39 Å². The van der Waals surface area contributed by atoms with Crippen LogP contribution in [0.5, 0.6) is 0 Å². The summed E-state index contributed by atoms with van der Waals surface area (Å²) in [5.74, 6) is 0.245. The summed E-state index contributed by atoms with van der Waals surface area (Å²) in [5, 5.41) is 3.90. The minimum atomic E-state index is -0.417. The summed E-state index contributed by atoms with van der Waals surface area (Å²) in [6.45, 7) is 4.18. The average Bonchev–Trinajstić information content (AvgIpc) is 2.34. The second-order valence-corrected chi connectivity index (χ2v) is 5.55. The van der Waals surface area contributed by atoms with Crippen LogP contribution in [0.4, 0.5) is 10.1 Å². The van der Waals surface area contributed by atoms with Crippen molar-refractivity contribution in [3.8, 4) is 0 Å². The number of benzene rings is 1. The summed E-state index contributed by atoms with van der Waals surface area (Å²) in [6, 6.07) is 4.53. The number of hydrogen-bond acceptors (Lipinski definition) is 1. The van der Waals surface area contributed by atoms with Gasteiger partial charge in [-0.2, -0.15) is 0 Å². The predicted octanol–water partition coefficient (Wildman–Crippen LogP) is 3.91. The van der Waals surface area contributed by atoms with Gasteiger partial charge in [0.25, 0.3) is 0 Å². The summed E-state index contributed by atoms with van der Waals surface area (Å²) in [7, 11) is 0. The highest BCUT2D eigenvalue weighted by molar-refractivity contribution is 7.80. The van der Waals surface area contributed by atoms with Gasteiger partial charge >= 0.3 is 0 Å². The molecule has 1 fully saturated rings. The summed E-state index contributed by atoms with van der Waals surface area (Å²) < 4.78 is 13.0. The molecule has 2 nitrogen and oxygen atoms in total. The van der Waals surface area contributed by atoms with E-state index in [0.717, 1.165) is 25.2 Å². The lowest BCUT2D eigenvalue weighted by molar-refractivity contribution is 0.276. The maximum Gasteiger partial charge on any atom is 0.173 e. The van der Waals surface area contributed by atoms with Gasteiger partial charge in [0.1, 0.15) is 5.82 Å². The van der Waals surface area contributed by atoms with E-state index in [4.69, 9.17) is 23.8 Å². The monoisotopic (exact) mass is 286 g/mol. The summed E-state index contributed by atoms with van der Waals surface area (Å²) in [4.78, 5) is 2.15. The summed E-state index contributed by atoms with van der Waals surface area (Å²) in [6.07, 6.45) is 2.41. The van der Waals surface area contributed by atoms with Crippen LogP contribution in [-0.4, -0.2) is 23.1 Å². The van der Waals surface area contributed by atoms with Crippen LogP contribution in [0.1, 0.15) is 19.8 Å². The second-order valence-electron chi connectivity index (χ2n) is 4.75. The molecule has 1 aliphatic heterocycles. The SMILES string of the molecule is C[C@H]1CCCN(C(=S)Nc2ccc(F)c(Cl)c2)C1. The van der Waals surface area contributed by atoms with E-state index in [-0.39, 0.29) is 5.02 Å². The number of nitrogens with zero attached hydrogens (tertiary/aromatic N) is 1. The topological polar surface area (TPSA) is 15.3 Å². The Kier molecular flexibility index (Phi) is 4.40. The van der Waals surface area contributed by atoms with Gasteiger partial charge in [-0.1, -0.05) is 18.5 Å². The van der Waals surface area contributed by atoms with Crippen molar-refractivity contribution in [1.82, 2.24) is 4.90 Å². The van der Waals surface area contributed by atoms with E-state index in [1.54, 1.807) is 12.1 Å². The molecule has 98 valence electrons. The van der Waals surface area contributed by atoms with Crippen LogP contribution in [0.25, 0.3) is 0 Å². The van der Waals surface area contributed by atoms with E-state index < -0.39 is 5.82 Å². The van der Waals surface area contributed by atoms with E-state index in [1.165, 1.54) is 12.5 Å². The van der Waals surface area contributed by atoms with Gasteiger partial charge < -0.3 is 10.2 Å². The zero-order valence-electron chi connectivity index (χ0n) is 10.2. The Morgan fingerprint density at radius 3 is 3.00 bits per heavy atom. The van der Waals surface area contributed by atoms with Crippen LogP contribution in [0.15, 0.2) is 18.2 Å². The Hall–Kier alpha value is -0.870. The molecule has 0 saturated carbocycles. The van der Waals surface area contributed by atoms with Crippen molar-refractivity contribution in [1.29, 1.82) is 0 Å². The first-order chi connectivity index (χ1) is 8.56. The molecule has 0 unspecified atom stereocenters. The molecule has 1 heterocycles. The zero-order valence-corrected chi connectivity index (χ0v) is 11.8. The maximum absolute atomic E-state index is 13.0. The van der Waals surface area contributed by atoms with Gasteiger partial charge in [0.2, 0.25) is 0 Å². The first-order valence-corrected chi connectivity index (χ1v) is 6.86. The first kappa shape index (κ1) is 13.6. The number of thiocarbonyl (C=S) groups is 1. The van der Waals surface area contributed by atoms with Gasteiger partial charge in [0, 0.05) is 18.8 Å². The van der Waals surface area contributed by atoms with Crippen molar-refractivity contribution in [2.75, 3.05) is 18.4 Å². The normalized spacial score (nSPS) is 19.7. The molecule has 5 heteroatoms. The highest BCUT2D eigenvalue weighted by atomic mass is 35.5. The van der Waals surface area contributed by atoms with Crippen LogP contribution < -0.4 is 5.32 Å². The highest BCUT2D eigenvalue weighted by Crippen LogP contribution is 2.21. The Morgan fingerprint density at radius 1 is 1.56 bits per heavy atom. The van der Waals surface area contributed by atoms with Gasteiger partial charge in [-0.15, -0.1) is 0 Å². The lowest BCUT2D eigenvalue weighted by Gasteiger charge is -2.33. The fourth-order valence-corrected chi connectivity index (χ4v) is 2.61. The van der Waals surface area contributed by atoms with Gasteiger partial charge in [-0.3, -0.25) is 0 Å². The molecule has 1 saturated heterocycles. The van der Waals surface area contributed by atoms with Gasteiger partial charge in [-0.05, 0) is 49.2 Å². The van der Waals surface area contributed by atoms with E-state index in [1.807, 2.05) is 0 Å². The minimum absolute atomic E-state index is 0.106. The molecule has 0 aliphatic carbocycles. The molecule has 1 aliphatic rings. The quantitative estimate of drug-likeness (QED) is 0.788. The average molecular weight is 287 g/mol. The van der Waals surface area contributed by atoms with Gasteiger partial charge in [0.05, 0.1) is 5.02 Å². The van der Waals surface area contributed by atoms with Crippen LogP contribution >= 0.6 is 23.8 Å². The maximum atomic E-state index is 13.0. The van der Waals surface area contributed by atoms with Crippen LogP contribution in [0.3, 0.4) is 0 Å². The first-order valence-electron chi connectivity index (χ1n) is 6.07. The Morgan fingerprint density at radius 2 is 2.33 bits per heavy atom. The molecule has 0 aromatic heterocycles. The Balaban J connectivity index is 2.00. The van der Waals surface area contributed by atoms with Crippen molar-refractivity contribution in [3.05, 3.63) is 29.0 Å². The van der Waals surface area contributed by atoms with Crippen LogP contribution in [0, 0.1) is 11.7 Å². The van der Waals surface area contributed by atoms with Crippen molar-refractivity contribution in [3.63, 3.8) is 0 Å². The smallest absolute Gasteiger partial charge is 0.173 e. The number of hydrogen-bond donors (Lipinski definition) is 1. The molecule has 1 N–H and O–H groups in total. The number of piperidine rings is 1. The molecular weight excluding hydrogens is 271 g/mol. The fraction of sp³-hybridized carbons (Fsp3) is 0.462. The van der Waals surface area contributed by atoms with Crippen LogP contribution in [0.2, 0.25) is 5.02 Å². The summed E-state index contributed by atoms with van der Waals surface area (Å²) >= 11 is 11.1. The number of nitrogens with one attached hydrogen (secondary N) is 1. The number of anilines is 1. The molecule has 0 bridgehead atoms. The lowest BCUT2D eigenvalue weighted by atomic mass is 10.0. The third-order valence-corrected chi connectivity index (χ3v) is 3.77. The zero-order chi connectivity index (χ0) is 13.1. The van der Waals surface area contributed by atoms with Crippen LogP contribution in [-0.2, 0) is 0 Å². The lowest BCUT2D eigenvalue weighted by Crippen LogP contribution is -2.41. The van der Waals surface area contributed by atoms with Crippen molar-refractivity contribution < 1.29 is 4.39 Å². The van der Waals surface area contributed by atoms with Gasteiger partial charge in [0.15, 0.2) is 5.11 Å². The molecule has 0 spiro atoms. The largest absolute Gasteiger partial charge is 0.349 e. The summed E-state index contributed by atoms with van der Waals surface area (Å²) in [5.41, 5.74) is 0.727. The molecule has 1 aromatic carbocycles. The molecule has 0 amide bonds. The Bertz CT molecular complexity index is 453. The van der Waals surface area contributed by atoms with E-state index in [0.29, 0.717) is 11.0 Å². The number of rotatable bonds is 1. The fourth-order valence-electron chi connectivity index (χ4n) is 2.15. The number of halogens is 2. The predicted molar refractivity (Wildman–Crippen MR) is 77.6 cm³/mol. The van der Waals surface area contributed by atoms with Crippen molar-refractivity contribution in [2.45, 2.75) is 19.8 Å². The molecule has 18 heavy (non-hydrogen) atoms. The third-order valence-electron chi connectivity index (χ3n) is 3.12. The standard InChI is InChI=1S/C13H16ClFN2S/c1-9-3-2-6-17(8-9)13(18)16-10-4-5-12(15)11(14)7-10/h4-5,7,9H,2-3,6,8H2,1H3,(H,16,18)/t9-/m0/s1. The molecular formula is C13H16ClFN2S. The number of likely N-dealkylation sites (tertiary alicyclic amines) is 1. The third kappa shape index (κ3) is 3.33.